The standard InChI is InChI=1S/C10H18N5O19P5.10Ac.5H2N.3H2O/c11-8-5-9(13-2-12-8)15(3-14-5)10-7(17)6(16)4(30-10)1-29-36(21,22)32-38(25,26)34-39(27,28)33-37(23,24)31-35(18,19)20;;;;;;;;;;;;;;;;;;/h2-4,6-7,10,16-17H,1H2,(H,21,22)(H,23,24)(H,25,26)(H,27,28)(H2,11,12,13)(H2,18,19,20);;;;;;;;;;;8*1H2/q;;;;;;;;;;;5*-1;;;/p+2/t4-,6-,7-,10-;;;;;;;;;;;;;;;;;;/m1................../s1. The average molecular weight is 3070 g/mol. The van der Waals surface area contributed by atoms with E-state index in [0.717, 1.165) is 17.2 Å². The van der Waals surface area contributed by atoms with Crippen molar-refractivity contribution < 1.29 is 546 Å². The van der Waals surface area contributed by atoms with E-state index in [1.165, 1.54) is 0 Å². The van der Waals surface area contributed by atoms with Gasteiger partial charge in [0.25, 0.3) is 0 Å². The third-order valence-corrected chi connectivity index (χ3v) is 11.3. The summed E-state index contributed by atoms with van der Waals surface area (Å²) in [5, 5.41) is 20.6. The molecule has 316 valence electrons. The maximum Gasteiger partial charge on any atom is 0.490 e. The third-order valence-electron chi connectivity index (χ3n) is 4.23. The Kier molecular flexibility index (Phi) is 103. The molecular weight excluding hydrogens is 3040 g/mol. The topological polar surface area (TPSA) is 637 Å². The monoisotopic (exact) mass is 3070 g/mol. The molecule has 0 amide bonds. The Labute approximate surface area is 682 Å². The minimum absolute atomic E-state index is 0. The Morgan fingerprint density at radius 2 is 1.00 bits per heavy atom. The van der Waals surface area contributed by atoms with Gasteiger partial charge in [-0.1, -0.05) is 0 Å². The largest absolute Gasteiger partial charge is 0.693 e. The van der Waals surface area contributed by atoms with Crippen molar-refractivity contribution >= 4 is 56.1 Å². The molecule has 1 saturated heterocycles. The van der Waals surface area contributed by atoms with Crippen LogP contribution in [-0.4, -0.2) is 89.5 Å². The molecule has 3 heterocycles. The second-order valence-corrected chi connectivity index (χ2v) is 14.7. The fourth-order valence-electron chi connectivity index (χ4n) is 2.91. The molecule has 1 aliphatic heterocycles. The number of aromatic nitrogens is 4. The maximum atomic E-state index is 12.1. The molecule has 57 heavy (non-hydrogen) atoms. The first-order valence-corrected chi connectivity index (χ1v) is 16.9. The van der Waals surface area contributed by atoms with Gasteiger partial charge >= 0.3 is 39.1 Å². The van der Waals surface area contributed by atoms with Crippen molar-refractivity contribution in [1.29, 1.82) is 0 Å². The van der Waals surface area contributed by atoms with Crippen molar-refractivity contribution in [3.63, 3.8) is 0 Å². The van der Waals surface area contributed by atoms with E-state index in [0.29, 0.717) is 0 Å². The summed E-state index contributed by atoms with van der Waals surface area (Å²) in [6.45, 7) is -1.12. The summed E-state index contributed by atoms with van der Waals surface area (Å²) in [5.74, 6) is -0.0189. The van der Waals surface area contributed by atoms with Gasteiger partial charge in [-0.05, 0) is 0 Å². The molecule has 0 bridgehead atoms. The van der Waals surface area contributed by atoms with Crippen LogP contribution in [-0.2, 0) is 60.3 Å². The van der Waals surface area contributed by atoms with E-state index in [9.17, 15) is 47.7 Å². The van der Waals surface area contributed by atoms with Gasteiger partial charge in [-0.2, -0.15) is 17.2 Å². The van der Waals surface area contributed by atoms with Crippen LogP contribution in [0.15, 0.2) is 12.7 Å². The molecule has 0 aliphatic carbocycles. The number of phosphoric acid groups is 5. The zero-order valence-electron chi connectivity index (χ0n) is 28.7. The fourth-order valence-corrected chi connectivity index (χ4v) is 8.81. The van der Waals surface area contributed by atoms with E-state index in [2.05, 4.69) is 36.7 Å². The van der Waals surface area contributed by atoms with Crippen LogP contribution in [0, 0.1) is 441 Å². The molecule has 4 unspecified atom stereocenters. The summed E-state index contributed by atoms with van der Waals surface area (Å²) in [6.07, 6.45) is -4.32. The number of ether oxygens (including phenoxy) is 1. The van der Waals surface area contributed by atoms with Gasteiger partial charge in [0.2, 0.25) is 0 Å². The van der Waals surface area contributed by atoms with Gasteiger partial charge in [-0.3, -0.25) is 9.09 Å². The number of aliphatic hydroxyl groups excluding tert-OH is 2. The molecule has 32 nitrogen and oxygen atoms in total. The van der Waals surface area contributed by atoms with Crippen LogP contribution in [0.25, 0.3) is 41.9 Å². The van der Waals surface area contributed by atoms with Crippen molar-refractivity contribution in [3.05, 3.63) is 43.4 Å². The number of hydrogen-bond donors (Lipinski definition) is 9. The second-order valence-electron chi connectivity index (χ2n) is 7.12. The number of nitrogen functional groups attached to an aromatic ring is 1. The van der Waals surface area contributed by atoms with Gasteiger partial charge in [0.1, 0.15) is 30.2 Å². The van der Waals surface area contributed by atoms with Crippen LogP contribution in [0.2, 0.25) is 0 Å². The number of nitrogens with zero attached hydrogens (tertiary/aromatic N) is 4. The van der Waals surface area contributed by atoms with Gasteiger partial charge in [-0.25, -0.2) is 37.8 Å². The van der Waals surface area contributed by atoms with Crippen molar-refractivity contribution in [2.45, 2.75) is 24.5 Å². The summed E-state index contributed by atoms with van der Waals surface area (Å²) in [5.41, 5.74) is 5.85. The first-order chi connectivity index (χ1) is 17.6. The normalized spacial score (nSPS) is 19.4. The van der Waals surface area contributed by atoms with Crippen LogP contribution in [0.5, 0.6) is 0 Å². The van der Waals surface area contributed by atoms with Crippen LogP contribution in [0.4, 0.5) is 5.82 Å². The first-order valence-electron chi connectivity index (χ1n) is 9.41. The van der Waals surface area contributed by atoms with Gasteiger partial charge in [-0.15, -0.1) is 0 Å². The van der Waals surface area contributed by atoms with Crippen molar-refractivity contribution in [2.24, 2.45) is 0 Å². The molecule has 28 N–H and O–H groups in total. The predicted octanol–water partition coefficient (Wildman–Crippen LogP) is -0.478. The Balaban J connectivity index is -0.0000000667. The number of anilines is 1. The number of hydrogen-bond acceptors (Lipinski definition) is 17. The van der Waals surface area contributed by atoms with Gasteiger partial charge in [0.15, 0.2) is 17.7 Å². The first kappa shape index (κ1) is 114. The molecule has 47 heteroatoms. The predicted molar refractivity (Wildman–Crippen MR) is 157 cm³/mol. The van der Waals surface area contributed by atoms with Crippen LogP contribution < -0.4 is 5.73 Å². The molecule has 2 aromatic rings. The summed E-state index contributed by atoms with van der Waals surface area (Å²) in [7, 11) is -30.1. The molecule has 0 saturated carbocycles. The molecule has 1 aliphatic rings. The quantitative estimate of drug-likeness (QED) is 0.0957. The molecule has 3 rings (SSSR count). The molecule has 2 aromatic heterocycles. The molecule has 10 radical (unpaired) electrons. The summed E-state index contributed by atoms with van der Waals surface area (Å²) >= 11 is 0. The number of fused-ring (bicyclic) bond motifs is 1. The molecular formula is C10H36Ac10N10O22P5-3. The van der Waals surface area contributed by atoms with E-state index in [-0.39, 0.29) is 505 Å². The van der Waals surface area contributed by atoms with E-state index in [1.54, 1.807) is 0 Å². The van der Waals surface area contributed by atoms with Gasteiger partial charge in [0, 0.05) is 441 Å². The second kappa shape index (κ2) is 51.2. The SMILES string of the molecule is Nc1ncnc2c1ncn2[C@@H]1O[C@H](COP(=O)(O)OP(=O)(O)OP(=O)(O)OP(=O)(O)OP(=O)(O)O)[C@@H](O)[C@H]1O.O.[Ac].[Ac].[Ac].[Ac].[Ac].[Ac].[Ac].[Ac].[Ac].[Ac].[NH2-].[NH2-].[NH2-].[NH2-].[NH2-].[OH3+].[OH3+]. The van der Waals surface area contributed by atoms with Crippen LogP contribution >= 0.6 is 39.1 Å². The number of aliphatic hydroxyl groups is 2. The van der Waals surface area contributed by atoms with Crippen LogP contribution in [0.3, 0.4) is 0 Å². The molecule has 0 spiro atoms. The number of phosphoric ester groups is 1. The zero-order valence-corrected chi connectivity index (χ0v) is 80.6. The van der Waals surface area contributed by atoms with E-state index in [4.69, 9.17) is 25.2 Å². The Bertz CT molecular complexity index is 1510. The molecule has 8 atom stereocenters. The van der Waals surface area contributed by atoms with Crippen LogP contribution in [0.1, 0.15) is 6.23 Å². The Hall–Kier alpha value is 13.0. The number of imidazole rings is 1. The zero-order chi connectivity index (χ0) is 29.6. The van der Waals surface area contributed by atoms with Crippen molar-refractivity contribution in [2.75, 3.05) is 12.3 Å². The maximum absolute atomic E-state index is 12.1. The van der Waals surface area contributed by atoms with Gasteiger partial charge in [0.05, 0.1) is 12.9 Å². The molecule has 0 aromatic carbocycles. The Morgan fingerprint density at radius 1 is 0.632 bits per heavy atom. The summed E-state index contributed by atoms with van der Waals surface area (Å²) in [4.78, 5) is 65.9. The minimum atomic E-state index is -6.26. The van der Waals surface area contributed by atoms with E-state index in [1.807, 2.05) is 0 Å². The molecule has 1 fully saturated rings. The average Bonchev–Trinajstić information content (AvgIpc) is 3.24. The Morgan fingerprint density at radius 3 is 1.39 bits per heavy atom. The van der Waals surface area contributed by atoms with E-state index >= 15 is 0 Å². The third kappa shape index (κ3) is 41.9. The van der Waals surface area contributed by atoms with Crippen molar-refractivity contribution in [1.82, 2.24) is 19.5 Å². The number of nitrogens with two attached hydrogens (primary N) is 6. The van der Waals surface area contributed by atoms with E-state index < -0.39 is 70.3 Å². The van der Waals surface area contributed by atoms with Gasteiger partial charge < -0.3 is 97.2 Å². The smallest absolute Gasteiger partial charge is 0.490 e. The number of rotatable bonds is 12. The summed E-state index contributed by atoms with van der Waals surface area (Å²) in [6, 6.07) is 0. The van der Waals surface area contributed by atoms with Crippen molar-refractivity contribution in [3.8, 4) is 0 Å². The summed E-state index contributed by atoms with van der Waals surface area (Å²) < 4.78 is 82.1. The fraction of sp³-hybridized carbons (Fsp3) is 0.500. The minimum Gasteiger partial charge on any atom is -0.693 e.